The molecule has 0 spiro atoms. The minimum Gasteiger partial charge on any atom is -0.383 e. The molecular formula is C17H23N3O3S. The Balaban J connectivity index is 2.05. The summed E-state index contributed by atoms with van der Waals surface area (Å²) in [7, 11) is 3.46. The van der Waals surface area contributed by atoms with Gasteiger partial charge in [0.1, 0.15) is 6.34 Å². The normalized spacial score (nSPS) is 20.5. The zero-order chi connectivity index (χ0) is 17.9. The van der Waals surface area contributed by atoms with Crippen LogP contribution in [0.2, 0.25) is 0 Å². The Kier molecular flexibility index (Phi) is 5.43. The van der Waals surface area contributed by atoms with E-state index in [0.29, 0.717) is 0 Å². The van der Waals surface area contributed by atoms with Crippen LogP contribution in [0.3, 0.4) is 0 Å². The molecule has 24 heavy (non-hydrogen) atoms. The van der Waals surface area contributed by atoms with E-state index in [4.69, 9.17) is 0 Å². The zero-order valence-electron chi connectivity index (χ0n) is 14.4. The van der Waals surface area contributed by atoms with E-state index in [-0.39, 0.29) is 22.5 Å². The van der Waals surface area contributed by atoms with Crippen LogP contribution < -0.4 is 0 Å². The van der Waals surface area contributed by atoms with Crippen LogP contribution in [0.5, 0.6) is 0 Å². The van der Waals surface area contributed by atoms with Crippen molar-refractivity contribution < 1.29 is 13.2 Å². The van der Waals surface area contributed by atoms with Crippen molar-refractivity contribution in [2.45, 2.75) is 17.2 Å². The summed E-state index contributed by atoms with van der Waals surface area (Å²) in [4.78, 5) is 15.6. The van der Waals surface area contributed by atoms with E-state index in [1.165, 1.54) is 6.34 Å². The van der Waals surface area contributed by atoms with E-state index in [9.17, 15) is 13.2 Å². The lowest BCUT2D eigenvalue weighted by atomic mass is 10.1. The van der Waals surface area contributed by atoms with Crippen molar-refractivity contribution >= 4 is 22.1 Å². The fourth-order valence-electron chi connectivity index (χ4n) is 2.33. The quantitative estimate of drug-likeness (QED) is 0.426. The van der Waals surface area contributed by atoms with Crippen molar-refractivity contribution in [3.8, 4) is 0 Å². The monoisotopic (exact) mass is 349 g/mol. The second-order valence-corrected chi connectivity index (χ2v) is 7.99. The Hall–Kier alpha value is -2.15. The van der Waals surface area contributed by atoms with Crippen molar-refractivity contribution in [3.05, 3.63) is 42.1 Å². The van der Waals surface area contributed by atoms with Crippen LogP contribution >= 0.6 is 0 Å². The van der Waals surface area contributed by atoms with E-state index in [0.717, 1.165) is 12.0 Å². The number of ketones is 1. The molecule has 2 atom stereocenters. The van der Waals surface area contributed by atoms with E-state index < -0.39 is 10.0 Å². The molecule has 1 aliphatic carbocycles. The van der Waals surface area contributed by atoms with Crippen LogP contribution in [0.15, 0.2) is 45.8 Å². The van der Waals surface area contributed by atoms with Gasteiger partial charge in [-0.2, -0.15) is 8.42 Å². The number of carbonyl (C=O) groups excluding carboxylic acids is 1. The minimum absolute atomic E-state index is 0.00424. The smallest absolute Gasteiger partial charge is 0.283 e. The van der Waals surface area contributed by atoms with Crippen molar-refractivity contribution in [2.75, 3.05) is 28.2 Å². The predicted molar refractivity (Wildman–Crippen MR) is 94.5 cm³/mol. The van der Waals surface area contributed by atoms with E-state index >= 15 is 0 Å². The number of allylic oxidation sites excluding steroid dienone is 1. The van der Waals surface area contributed by atoms with Gasteiger partial charge in [-0.1, -0.05) is 12.1 Å². The van der Waals surface area contributed by atoms with Crippen LogP contribution in [-0.4, -0.2) is 58.5 Å². The molecule has 0 N–H and O–H groups in total. The number of sulfonamides is 1. The fraction of sp³-hybridized carbons (Fsp3) is 0.412. The first-order valence-corrected chi connectivity index (χ1v) is 9.10. The van der Waals surface area contributed by atoms with Gasteiger partial charge in [0, 0.05) is 40.3 Å². The van der Waals surface area contributed by atoms with Gasteiger partial charge in [-0.15, -0.1) is 4.40 Å². The molecule has 1 saturated carbocycles. The molecule has 1 aromatic carbocycles. The molecule has 2 rings (SSSR count). The summed E-state index contributed by atoms with van der Waals surface area (Å²) < 4.78 is 27.7. The fourth-order valence-corrected chi connectivity index (χ4v) is 3.24. The third kappa shape index (κ3) is 4.67. The third-order valence-corrected chi connectivity index (χ3v) is 4.96. The molecule has 0 amide bonds. The lowest BCUT2D eigenvalue weighted by Gasteiger charge is -2.05. The highest BCUT2D eigenvalue weighted by Gasteiger charge is 2.42. The van der Waals surface area contributed by atoms with E-state index in [1.807, 2.05) is 19.0 Å². The molecule has 0 radical (unpaired) electrons. The van der Waals surface area contributed by atoms with Crippen LogP contribution in [0.4, 0.5) is 0 Å². The highest BCUT2D eigenvalue weighted by atomic mass is 32.2. The molecule has 0 unspecified atom stereocenters. The number of hydrogen-bond acceptors (Lipinski definition) is 4. The first kappa shape index (κ1) is 18.2. The van der Waals surface area contributed by atoms with Gasteiger partial charge < -0.3 is 9.80 Å². The summed E-state index contributed by atoms with van der Waals surface area (Å²) >= 11 is 0. The average Bonchev–Trinajstić information content (AvgIpc) is 3.31. The molecule has 0 aromatic heterocycles. The average molecular weight is 349 g/mol. The molecule has 0 aliphatic heterocycles. The van der Waals surface area contributed by atoms with Crippen molar-refractivity contribution in [3.63, 3.8) is 0 Å². The number of rotatable bonds is 7. The molecule has 7 heteroatoms. The van der Waals surface area contributed by atoms with Gasteiger partial charge >= 0.3 is 0 Å². The summed E-state index contributed by atoms with van der Waals surface area (Å²) in [6.45, 7) is 0. The molecule has 0 heterocycles. The first-order chi connectivity index (χ1) is 11.2. The van der Waals surface area contributed by atoms with Gasteiger partial charge in [0.2, 0.25) is 0 Å². The van der Waals surface area contributed by atoms with Gasteiger partial charge in [-0.3, -0.25) is 4.79 Å². The van der Waals surface area contributed by atoms with Crippen LogP contribution in [0.1, 0.15) is 17.9 Å². The van der Waals surface area contributed by atoms with Gasteiger partial charge in [0.15, 0.2) is 5.78 Å². The summed E-state index contributed by atoms with van der Waals surface area (Å²) in [5.74, 6) is 0.280. The molecule has 130 valence electrons. The van der Waals surface area contributed by atoms with Crippen LogP contribution in [0.25, 0.3) is 0 Å². The summed E-state index contributed by atoms with van der Waals surface area (Å²) in [5.41, 5.74) is 0.988. The number of hydrogen-bond donors (Lipinski definition) is 0. The summed E-state index contributed by atoms with van der Waals surface area (Å²) in [6, 6.07) is 6.64. The Bertz CT molecular complexity index is 750. The Morgan fingerprint density at radius 1 is 1.12 bits per heavy atom. The lowest BCUT2D eigenvalue weighted by molar-refractivity contribution is -0.115. The van der Waals surface area contributed by atoms with E-state index in [2.05, 4.69) is 4.40 Å². The molecule has 6 nitrogen and oxygen atoms in total. The maximum absolute atomic E-state index is 12.1. The number of carbonyl (C=O) groups is 1. The summed E-state index contributed by atoms with van der Waals surface area (Å²) in [6.07, 6.45) is 5.41. The first-order valence-electron chi connectivity index (χ1n) is 7.66. The minimum atomic E-state index is -3.68. The van der Waals surface area contributed by atoms with Crippen molar-refractivity contribution in [1.29, 1.82) is 0 Å². The van der Waals surface area contributed by atoms with Gasteiger partial charge in [-0.05, 0) is 36.1 Å². The molecule has 1 aromatic rings. The Morgan fingerprint density at radius 3 is 2.29 bits per heavy atom. The molecular weight excluding hydrogens is 326 g/mol. The van der Waals surface area contributed by atoms with Crippen molar-refractivity contribution in [2.24, 2.45) is 10.3 Å². The standard InChI is InChI=1S/C17H23N3O3S/c1-19(2)10-9-17(21)16-11-15(16)13-5-7-14(8-6-13)24(22,23)18-12-20(3)4/h5-10,12,15-16H,11H2,1-4H3/b10-9+,18-12?/t15-,16+/m0/s1. The number of benzene rings is 1. The molecule has 0 bridgehead atoms. The highest BCUT2D eigenvalue weighted by Crippen LogP contribution is 2.48. The Morgan fingerprint density at radius 2 is 1.75 bits per heavy atom. The summed E-state index contributed by atoms with van der Waals surface area (Å²) in [5, 5.41) is 0. The van der Waals surface area contributed by atoms with Gasteiger partial charge in [-0.25, -0.2) is 0 Å². The Labute approximate surface area is 143 Å². The maximum atomic E-state index is 12.1. The van der Waals surface area contributed by atoms with Crippen LogP contribution in [0, 0.1) is 5.92 Å². The highest BCUT2D eigenvalue weighted by molar-refractivity contribution is 7.90. The number of nitrogens with zero attached hydrogens (tertiary/aromatic N) is 3. The SMILES string of the molecule is CN(C)C=NS(=O)(=O)c1ccc([C@@H]2C[C@H]2C(=O)/C=C/N(C)C)cc1. The lowest BCUT2D eigenvalue weighted by Crippen LogP contribution is -2.10. The van der Waals surface area contributed by atoms with Crippen molar-refractivity contribution in [1.82, 2.24) is 9.80 Å². The second kappa shape index (κ2) is 7.17. The zero-order valence-corrected chi connectivity index (χ0v) is 15.2. The van der Waals surface area contributed by atoms with Gasteiger partial charge in [0.25, 0.3) is 10.0 Å². The van der Waals surface area contributed by atoms with Crippen LogP contribution in [-0.2, 0) is 14.8 Å². The topological polar surface area (TPSA) is 70.0 Å². The largest absolute Gasteiger partial charge is 0.383 e. The molecule has 1 fully saturated rings. The molecule has 1 aliphatic rings. The maximum Gasteiger partial charge on any atom is 0.283 e. The third-order valence-electron chi connectivity index (χ3n) is 3.72. The molecule has 0 saturated heterocycles. The van der Waals surface area contributed by atoms with E-state index in [1.54, 1.807) is 55.5 Å². The second-order valence-electron chi connectivity index (χ2n) is 6.36. The van der Waals surface area contributed by atoms with Gasteiger partial charge in [0.05, 0.1) is 4.90 Å². The predicted octanol–water partition coefficient (Wildman–Crippen LogP) is 1.71.